The van der Waals surface area contributed by atoms with Crippen LogP contribution in [0.2, 0.25) is 5.22 Å². The second-order valence-electron chi connectivity index (χ2n) is 6.07. The molecule has 0 radical (unpaired) electrons. The molecule has 0 N–H and O–H groups in total. The van der Waals surface area contributed by atoms with Crippen molar-refractivity contribution in [3.63, 3.8) is 0 Å². The lowest BCUT2D eigenvalue weighted by Crippen LogP contribution is -2.31. The summed E-state index contributed by atoms with van der Waals surface area (Å²) in [6.07, 6.45) is 1.02. The van der Waals surface area contributed by atoms with E-state index in [4.69, 9.17) is 16.0 Å². The van der Waals surface area contributed by atoms with Gasteiger partial charge in [0, 0.05) is 31.1 Å². The van der Waals surface area contributed by atoms with E-state index in [0.29, 0.717) is 11.7 Å². The molecule has 1 saturated heterocycles. The normalized spacial score (nSPS) is 18.1. The average Bonchev–Trinajstić information content (AvgIpc) is 3.22. The molecule has 1 aliphatic rings. The third kappa shape index (κ3) is 3.94. The molecule has 1 unspecified atom stereocenters. The van der Waals surface area contributed by atoms with Crippen molar-refractivity contribution in [1.82, 2.24) is 14.8 Å². The van der Waals surface area contributed by atoms with Gasteiger partial charge in [0.2, 0.25) is 0 Å². The van der Waals surface area contributed by atoms with Crippen molar-refractivity contribution in [2.24, 2.45) is 5.92 Å². The maximum Gasteiger partial charge on any atom is 0.289 e. The fourth-order valence-electron chi connectivity index (χ4n) is 2.98. The Morgan fingerprint density at radius 2 is 2.39 bits per heavy atom. The Bertz CT molecular complexity index is 684. The van der Waals surface area contributed by atoms with Crippen LogP contribution in [0.3, 0.4) is 0 Å². The van der Waals surface area contributed by atoms with Gasteiger partial charge in [-0.2, -0.15) is 0 Å². The Hall–Kier alpha value is -1.37. The molecule has 0 spiro atoms. The molecule has 0 saturated carbocycles. The van der Waals surface area contributed by atoms with E-state index in [1.54, 1.807) is 23.5 Å². The van der Waals surface area contributed by atoms with Gasteiger partial charge in [0.15, 0.2) is 11.0 Å². The number of nitrogens with zero attached hydrogens (tertiary/aromatic N) is 3. The van der Waals surface area contributed by atoms with Crippen LogP contribution in [-0.2, 0) is 6.54 Å². The third-order valence-electron chi connectivity index (χ3n) is 4.19. The highest BCUT2D eigenvalue weighted by molar-refractivity contribution is 7.09. The lowest BCUT2D eigenvalue weighted by Gasteiger charge is -2.21. The predicted octanol–water partition coefficient (Wildman–Crippen LogP) is 3.29. The van der Waals surface area contributed by atoms with Crippen LogP contribution in [0.4, 0.5) is 0 Å². The Morgan fingerprint density at radius 3 is 3.04 bits per heavy atom. The number of hydrogen-bond acceptors (Lipinski definition) is 5. The zero-order chi connectivity index (χ0) is 16.4. The number of likely N-dealkylation sites (tertiary alicyclic amines) is 1. The van der Waals surface area contributed by atoms with Crippen LogP contribution in [0.1, 0.15) is 27.5 Å². The minimum atomic E-state index is -0.0691. The topological polar surface area (TPSA) is 49.6 Å². The highest BCUT2D eigenvalue weighted by atomic mass is 35.5. The minimum absolute atomic E-state index is 0.0691. The third-order valence-corrected chi connectivity index (χ3v) is 5.31. The molecule has 1 amide bonds. The van der Waals surface area contributed by atoms with Crippen molar-refractivity contribution in [3.05, 3.63) is 39.2 Å². The molecular formula is C16H20ClN3O2S. The number of carbonyl (C=O) groups is 1. The van der Waals surface area contributed by atoms with Crippen LogP contribution in [0.5, 0.6) is 0 Å². The van der Waals surface area contributed by atoms with Crippen molar-refractivity contribution in [3.8, 4) is 0 Å². The molecule has 2 aromatic rings. The number of amides is 1. The number of thiazole rings is 1. The summed E-state index contributed by atoms with van der Waals surface area (Å²) >= 11 is 7.44. The first-order chi connectivity index (χ1) is 11.0. The highest BCUT2D eigenvalue weighted by Crippen LogP contribution is 2.23. The van der Waals surface area contributed by atoms with E-state index < -0.39 is 0 Å². The summed E-state index contributed by atoms with van der Waals surface area (Å²) in [7, 11) is 2.12. The van der Waals surface area contributed by atoms with Crippen molar-refractivity contribution in [2.75, 3.05) is 26.7 Å². The van der Waals surface area contributed by atoms with E-state index in [2.05, 4.69) is 16.9 Å². The first-order valence-corrected chi connectivity index (χ1v) is 8.91. The van der Waals surface area contributed by atoms with Gasteiger partial charge in [-0.25, -0.2) is 4.98 Å². The SMILES string of the molecule is Cc1ncsc1CN(C)CC1CCN(C(=O)c2ccc(Cl)o2)C1. The first kappa shape index (κ1) is 16.5. The summed E-state index contributed by atoms with van der Waals surface area (Å²) in [6, 6.07) is 3.24. The van der Waals surface area contributed by atoms with Crippen molar-refractivity contribution in [1.29, 1.82) is 0 Å². The fraction of sp³-hybridized carbons (Fsp3) is 0.500. The highest BCUT2D eigenvalue weighted by Gasteiger charge is 2.29. The summed E-state index contributed by atoms with van der Waals surface area (Å²) in [4.78, 5) is 22.1. The Labute approximate surface area is 144 Å². The zero-order valence-electron chi connectivity index (χ0n) is 13.3. The lowest BCUT2D eigenvalue weighted by molar-refractivity contribution is 0.0752. The minimum Gasteiger partial charge on any atom is -0.440 e. The number of hydrogen-bond donors (Lipinski definition) is 0. The number of rotatable bonds is 5. The van der Waals surface area contributed by atoms with Crippen LogP contribution >= 0.6 is 22.9 Å². The summed E-state index contributed by atoms with van der Waals surface area (Å²) in [6.45, 7) is 5.47. The van der Waals surface area contributed by atoms with Gasteiger partial charge >= 0.3 is 0 Å². The van der Waals surface area contributed by atoms with Gasteiger partial charge in [-0.15, -0.1) is 11.3 Å². The van der Waals surface area contributed by atoms with Crippen molar-refractivity contribution >= 4 is 28.8 Å². The van der Waals surface area contributed by atoms with E-state index in [1.807, 2.05) is 17.3 Å². The second-order valence-corrected chi connectivity index (χ2v) is 7.38. The summed E-state index contributed by atoms with van der Waals surface area (Å²) < 4.78 is 5.22. The van der Waals surface area contributed by atoms with Gasteiger partial charge in [-0.3, -0.25) is 4.79 Å². The van der Waals surface area contributed by atoms with Gasteiger partial charge in [0.25, 0.3) is 5.91 Å². The summed E-state index contributed by atoms with van der Waals surface area (Å²) in [5.41, 5.74) is 3.00. The molecular weight excluding hydrogens is 334 g/mol. The number of furan rings is 1. The van der Waals surface area contributed by atoms with Gasteiger partial charge in [0.1, 0.15) is 0 Å². The number of aryl methyl sites for hydroxylation is 1. The molecule has 1 atom stereocenters. The maximum absolute atomic E-state index is 12.3. The monoisotopic (exact) mass is 353 g/mol. The number of aromatic nitrogens is 1. The molecule has 0 bridgehead atoms. The van der Waals surface area contributed by atoms with Crippen LogP contribution in [0.15, 0.2) is 22.1 Å². The van der Waals surface area contributed by atoms with E-state index in [-0.39, 0.29) is 11.1 Å². The molecule has 5 nitrogen and oxygen atoms in total. The zero-order valence-corrected chi connectivity index (χ0v) is 14.9. The Morgan fingerprint density at radius 1 is 1.57 bits per heavy atom. The van der Waals surface area contributed by atoms with Crippen molar-refractivity contribution in [2.45, 2.75) is 19.9 Å². The molecule has 2 aromatic heterocycles. The molecule has 1 fully saturated rings. The molecule has 3 rings (SSSR count). The van der Waals surface area contributed by atoms with Crippen LogP contribution < -0.4 is 0 Å². The largest absolute Gasteiger partial charge is 0.440 e. The van der Waals surface area contributed by atoms with Gasteiger partial charge < -0.3 is 14.2 Å². The molecule has 0 aromatic carbocycles. The lowest BCUT2D eigenvalue weighted by atomic mass is 10.1. The molecule has 23 heavy (non-hydrogen) atoms. The second kappa shape index (κ2) is 7.03. The van der Waals surface area contributed by atoms with Gasteiger partial charge in [-0.1, -0.05) is 0 Å². The predicted molar refractivity (Wildman–Crippen MR) is 90.9 cm³/mol. The molecule has 7 heteroatoms. The quantitative estimate of drug-likeness (QED) is 0.827. The van der Waals surface area contributed by atoms with Crippen LogP contribution in [0, 0.1) is 12.8 Å². The molecule has 0 aliphatic carbocycles. The summed E-state index contributed by atoms with van der Waals surface area (Å²) in [5.74, 6) is 0.743. The molecule has 124 valence electrons. The first-order valence-electron chi connectivity index (χ1n) is 7.65. The van der Waals surface area contributed by atoms with E-state index in [1.165, 1.54) is 4.88 Å². The fourth-order valence-corrected chi connectivity index (χ4v) is 3.98. The number of carbonyl (C=O) groups excluding carboxylic acids is 1. The van der Waals surface area contributed by atoms with E-state index in [0.717, 1.165) is 38.3 Å². The van der Waals surface area contributed by atoms with Gasteiger partial charge in [0.05, 0.1) is 11.2 Å². The average molecular weight is 354 g/mol. The molecule has 1 aliphatic heterocycles. The Balaban J connectivity index is 1.51. The van der Waals surface area contributed by atoms with Gasteiger partial charge in [-0.05, 0) is 50.0 Å². The Kier molecular flexibility index (Phi) is 5.04. The standard InChI is InChI=1S/C16H20ClN3O2S/c1-11-14(23-10-18-11)9-19(2)7-12-5-6-20(8-12)16(21)13-3-4-15(17)22-13/h3-4,10,12H,5-9H2,1-2H3. The summed E-state index contributed by atoms with van der Waals surface area (Å²) in [5, 5.41) is 0.253. The maximum atomic E-state index is 12.3. The van der Waals surface area contributed by atoms with Crippen LogP contribution in [-0.4, -0.2) is 47.4 Å². The van der Waals surface area contributed by atoms with Crippen LogP contribution in [0.25, 0.3) is 0 Å². The van der Waals surface area contributed by atoms with Crippen molar-refractivity contribution < 1.29 is 9.21 Å². The van der Waals surface area contributed by atoms with E-state index >= 15 is 0 Å². The smallest absolute Gasteiger partial charge is 0.289 e. The molecule has 3 heterocycles. The van der Waals surface area contributed by atoms with E-state index in [9.17, 15) is 4.79 Å². The number of halogens is 1.